The van der Waals surface area contributed by atoms with Crippen molar-refractivity contribution in [1.82, 2.24) is 9.97 Å². The molecule has 146 valence electrons. The summed E-state index contributed by atoms with van der Waals surface area (Å²) >= 11 is 2.42. The Balaban J connectivity index is 1.58. The third-order valence-corrected chi connectivity index (χ3v) is 6.84. The predicted octanol–water partition coefficient (Wildman–Crippen LogP) is 4.32. The maximum Gasteiger partial charge on any atom is 0.264 e. The predicted molar refractivity (Wildman–Crippen MR) is 115 cm³/mol. The molecule has 0 saturated carbocycles. The lowest BCUT2D eigenvalue weighted by Crippen LogP contribution is -2.20. The van der Waals surface area contributed by atoms with Crippen LogP contribution in [0.5, 0.6) is 0 Å². The van der Waals surface area contributed by atoms with Crippen LogP contribution in [0.25, 0.3) is 11.3 Å². The fraction of sp³-hybridized carbons (Fsp3) is 0. The summed E-state index contributed by atoms with van der Waals surface area (Å²) in [5.74, 6) is -0.556. The number of nitrogens with one attached hydrogen (secondary N) is 2. The first-order chi connectivity index (χ1) is 14.0. The first-order valence-electron chi connectivity index (χ1n) is 8.36. The van der Waals surface area contributed by atoms with Crippen LogP contribution in [-0.2, 0) is 10.0 Å². The molecule has 2 N–H and O–H groups in total. The van der Waals surface area contributed by atoms with Gasteiger partial charge in [-0.1, -0.05) is 42.5 Å². The van der Waals surface area contributed by atoms with Gasteiger partial charge in [0.25, 0.3) is 15.9 Å². The fourth-order valence-corrected chi connectivity index (χ4v) is 5.28. The third kappa shape index (κ3) is 4.34. The molecule has 0 aliphatic heterocycles. The van der Waals surface area contributed by atoms with Gasteiger partial charge in [0, 0.05) is 22.5 Å². The number of thiazole rings is 2. The van der Waals surface area contributed by atoms with Gasteiger partial charge in [-0.15, -0.1) is 22.7 Å². The summed E-state index contributed by atoms with van der Waals surface area (Å²) in [7, 11) is -3.97. The monoisotopic (exact) mass is 442 g/mol. The van der Waals surface area contributed by atoms with Crippen molar-refractivity contribution in [3.05, 3.63) is 77.1 Å². The molecule has 7 nitrogen and oxygen atoms in total. The summed E-state index contributed by atoms with van der Waals surface area (Å²) in [5.41, 5.74) is 1.69. The molecule has 4 aromatic rings. The van der Waals surface area contributed by atoms with Gasteiger partial charge in [0.2, 0.25) is 0 Å². The van der Waals surface area contributed by atoms with E-state index in [4.69, 9.17) is 0 Å². The molecular weight excluding hydrogens is 428 g/mol. The first kappa shape index (κ1) is 19.2. The van der Waals surface area contributed by atoms with Crippen molar-refractivity contribution < 1.29 is 13.2 Å². The Morgan fingerprint density at radius 1 is 0.931 bits per heavy atom. The molecule has 2 heterocycles. The van der Waals surface area contributed by atoms with Crippen LogP contribution in [0.15, 0.2) is 76.4 Å². The number of anilines is 2. The summed E-state index contributed by atoms with van der Waals surface area (Å²) in [6.45, 7) is 0. The van der Waals surface area contributed by atoms with Crippen molar-refractivity contribution >= 4 is 48.9 Å². The van der Waals surface area contributed by atoms with Crippen molar-refractivity contribution in [1.29, 1.82) is 0 Å². The van der Waals surface area contributed by atoms with Gasteiger partial charge in [0.15, 0.2) is 10.3 Å². The lowest BCUT2D eigenvalue weighted by atomic mass is 10.2. The highest BCUT2D eigenvalue weighted by Crippen LogP contribution is 2.26. The number of amides is 1. The molecule has 0 atom stereocenters. The molecule has 10 heteroatoms. The summed E-state index contributed by atoms with van der Waals surface area (Å²) in [6.07, 6.45) is 1.49. The van der Waals surface area contributed by atoms with E-state index in [0.717, 1.165) is 22.6 Å². The quantitative estimate of drug-likeness (QED) is 0.463. The number of sulfonamides is 1. The van der Waals surface area contributed by atoms with Crippen LogP contribution in [0.2, 0.25) is 0 Å². The Hall–Kier alpha value is -3.08. The highest BCUT2D eigenvalue weighted by Gasteiger charge is 2.23. The van der Waals surface area contributed by atoms with Gasteiger partial charge in [-0.05, 0) is 12.1 Å². The zero-order chi connectivity index (χ0) is 20.3. The lowest BCUT2D eigenvalue weighted by molar-refractivity contribution is 0.102. The number of aromatic nitrogens is 2. The zero-order valence-electron chi connectivity index (χ0n) is 14.8. The summed E-state index contributed by atoms with van der Waals surface area (Å²) < 4.78 is 27.8. The SMILES string of the molecule is O=C(Nc1nc(-c2ccccc2)cs1)c1ccccc1S(=O)(=O)Nc1nccs1. The van der Waals surface area contributed by atoms with Crippen LogP contribution in [-0.4, -0.2) is 24.3 Å². The van der Waals surface area contributed by atoms with Gasteiger partial charge in [0.1, 0.15) is 4.90 Å². The Morgan fingerprint density at radius 2 is 1.69 bits per heavy atom. The smallest absolute Gasteiger partial charge is 0.264 e. The molecule has 0 saturated heterocycles. The van der Waals surface area contributed by atoms with Crippen molar-refractivity contribution in [2.75, 3.05) is 10.0 Å². The molecule has 0 aliphatic carbocycles. The minimum Gasteiger partial charge on any atom is -0.298 e. The second-order valence-electron chi connectivity index (χ2n) is 5.80. The topological polar surface area (TPSA) is 101 Å². The molecule has 0 aliphatic rings. The van der Waals surface area contributed by atoms with E-state index >= 15 is 0 Å². The third-order valence-electron chi connectivity index (χ3n) is 3.87. The van der Waals surface area contributed by atoms with E-state index < -0.39 is 15.9 Å². The van der Waals surface area contributed by atoms with Crippen LogP contribution in [0, 0.1) is 0 Å². The molecule has 2 aromatic carbocycles. The Kier molecular flexibility index (Phi) is 5.38. The van der Waals surface area contributed by atoms with Crippen LogP contribution in [0.3, 0.4) is 0 Å². The van der Waals surface area contributed by atoms with Crippen LogP contribution in [0.1, 0.15) is 10.4 Å². The van der Waals surface area contributed by atoms with Crippen LogP contribution < -0.4 is 10.0 Å². The number of nitrogens with zero attached hydrogens (tertiary/aromatic N) is 2. The van der Waals surface area contributed by atoms with E-state index in [9.17, 15) is 13.2 Å². The van der Waals surface area contributed by atoms with Gasteiger partial charge in [-0.2, -0.15) is 0 Å². The Morgan fingerprint density at radius 3 is 2.45 bits per heavy atom. The van der Waals surface area contributed by atoms with Gasteiger partial charge >= 0.3 is 0 Å². The molecule has 2 aromatic heterocycles. The number of hydrogen-bond acceptors (Lipinski definition) is 7. The second kappa shape index (κ2) is 8.11. The van der Waals surface area contributed by atoms with E-state index in [1.165, 1.54) is 29.7 Å². The van der Waals surface area contributed by atoms with E-state index in [2.05, 4.69) is 20.0 Å². The van der Waals surface area contributed by atoms with Gasteiger partial charge in [0.05, 0.1) is 11.3 Å². The number of rotatable bonds is 6. The minimum absolute atomic E-state index is 0.0213. The zero-order valence-corrected chi connectivity index (χ0v) is 17.2. The minimum atomic E-state index is -3.97. The van der Waals surface area contributed by atoms with E-state index in [-0.39, 0.29) is 15.6 Å². The van der Waals surface area contributed by atoms with Crippen molar-refractivity contribution in [2.45, 2.75) is 4.90 Å². The fourth-order valence-electron chi connectivity index (χ4n) is 2.57. The summed E-state index contributed by atoms with van der Waals surface area (Å²) in [6, 6.07) is 15.6. The highest BCUT2D eigenvalue weighted by atomic mass is 32.2. The largest absolute Gasteiger partial charge is 0.298 e. The maximum atomic E-state index is 12.8. The van der Waals surface area contributed by atoms with Crippen LogP contribution >= 0.6 is 22.7 Å². The van der Waals surface area contributed by atoms with Crippen molar-refractivity contribution in [3.8, 4) is 11.3 Å². The molecule has 0 fully saturated rings. The first-order valence-corrected chi connectivity index (χ1v) is 11.6. The average molecular weight is 443 g/mol. The standard InChI is InChI=1S/C19H14N4O3S3/c24-17(22-19-21-15(12-28-19)13-6-2-1-3-7-13)14-8-4-5-9-16(14)29(25,26)23-18-20-10-11-27-18/h1-12H,(H,20,23)(H,21,22,24). The molecular formula is C19H14N4O3S3. The molecule has 1 amide bonds. The molecule has 29 heavy (non-hydrogen) atoms. The number of benzene rings is 2. The molecule has 4 rings (SSSR count). The molecule has 0 spiro atoms. The highest BCUT2D eigenvalue weighted by molar-refractivity contribution is 7.93. The van der Waals surface area contributed by atoms with E-state index in [1.807, 2.05) is 35.7 Å². The second-order valence-corrected chi connectivity index (χ2v) is 9.20. The van der Waals surface area contributed by atoms with Gasteiger partial charge in [-0.3, -0.25) is 14.8 Å². The Bertz CT molecular complexity index is 1240. The summed E-state index contributed by atoms with van der Waals surface area (Å²) in [4.78, 5) is 21.0. The Labute approximate surface area is 175 Å². The van der Waals surface area contributed by atoms with Crippen molar-refractivity contribution in [2.24, 2.45) is 0 Å². The molecule has 0 radical (unpaired) electrons. The van der Waals surface area contributed by atoms with Crippen LogP contribution in [0.4, 0.5) is 10.3 Å². The van der Waals surface area contributed by atoms with Gasteiger partial charge in [-0.25, -0.2) is 18.4 Å². The van der Waals surface area contributed by atoms with E-state index in [1.54, 1.807) is 17.5 Å². The number of carbonyl (C=O) groups is 1. The lowest BCUT2D eigenvalue weighted by Gasteiger charge is -2.10. The summed E-state index contributed by atoms with van der Waals surface area (Å²) in [5, 5.41) is 6.78. The number of hydrogen-bond donors (Lipinski definition) is 2. The average Bonchev–Trinajstić information content (AvgIpc) is 3.40. The molecule has 0 unspecified atom stereocenters. The number of carbonyl (C=O) groups excluding carboxylic acids is 1. The maximum absolute atomic E-state index is 12.8. The van der Waals surface area contributed by atoms with E-state index in [0.29, 0.717) is 5.13 Å². The van der Waals surface area contributed by atoms with Gasteiger partial charge < -0.3 is 0 Å². The molecule has 0 bridgehead atoms. The normalized spacial score (nSPS) is 11.2. The van der Waals surface area contributed by atoms with Crippen molar-refractivity contribution in [3.63, 3.8) is 0 Å².